The number of benzene rings is 2. The fourth-order valence-electron chi connectivity index (χ4n) is 2.80. The molecule has 0 heterocycles. The number of carboxylic acid groups (broad SMARTS) is 1. The van der Waals surface area contributed by atoms with Crippen molar-refractivity contribution in [3.63, 3.8) is 0 Å². The van der Waals surface area contributed by atoms with Crippen LogP contribution in [0.2, 0.25) is 0 Å². The molecule has 23 heavy (non-hydrogen) atoms. The highest BCUT2D eigenvalue weighted by Crippen LogP contribution is 2.42. The summed E-state index contributed by atoms with van der Waals surface area (Å²) < 4.78 is 7.21. The van der Waals surface area contributed by atoms with Crippen molar-refractivity contribution in [3.8, 4) is 5.75 Å². The number of rotatable bonds is 5. The first kappa shape index (κ1) is 16.3. The lowest BCUT2D eigenvalue weighted by molar-refractivity contribution is 0.0693. The van der Waals surface area contributed by atoms with E-state index in [-0.39, 0.29) is 0 Å². The van der Waals surface area contributed by atoms with Crippen molar-refractivity contribution in [3.05, 3.63) is 61.7 Å². The molecule has 0 saturated heterocycles. The predicted molar refractivity (Wildman–Crippen MR) is 98.3 cm³/mol. The Morgan fingerprint density at radius 3 is 2.65 bits per heavy atom. The molecule has 4 heteroatoms. The highest BCUT2D eigenvalue weighted by atomic mass is 127. The summed E-state index contributed by atoms with van der Waals surface area (Å²) in [6.07, 6.45) is 2.27. The van der Waals surface area contributed by atoms with Gasteiger partial charge >= 0.3 is 5.97 Å². The summed E-state index contributed by atoms with van der Waals surface area (Å²) in [6.45, 7) is 4.37. The Kier molecular flexibility index (Phi) is 4.62. The van der Waals surface area contributed by atoms with Crippen molar-refractivity contribution in [1.29, 1.82) is 0 Å². The van der Waals surface area contributed by atoms with E-state index in [9.17, 15) is 9.90 Å². The smallest absolute Gasteiger partial charge is 0.336 e. The zero-order valence-corrected chi connectivity index (χ0v) is 15.4. The Morgan fingerprint density at radius 2 is 2.00 bits per heavy atom. The van der Waals surface area contributed by atoms with Crippen molar-refractivity contribution in [2.45, 2.75) is 39.2 Å². The van der Waals surface area contributed by atoms with Crippen LogP contribution in [0, 0.1) is 17.4 Å². The number of aryl methyl sites for hydroxylation is 2. The Hall–Kier alpha value is -1.56. The van der Waals surface area contributed by atoms with Gasteiger partial charge in [0.25, 0.3) is 0 Å². The van der Waals surface area contributed by atoms with E-state index in [0.29, 0.717) is 18.1 Å². The molecule has 1 aliphatic carbocycles. The Bertz CT molecular complexity index is 763. The number of hydrogen-bond acceptors (Lipinski definition) is 2. The maximum absolute atomic E-state index is 11.5. The monoisotopic (exact) mass is 422 g/mol. The summed E-state index contributed by atoms with van der Waals surface area (Å²) in [7, 11) is 0. The summed E-state index contributed by atoms with van der Waals surface area (Å²) >= 11 is 2.31. The fourth-order valence-corrected chi connectivity index (χ4v) is 3.43. The minimum absolute atomic E-state index is 0.301. The van der Waals surface area contributed by atoms with Crippen molar-refractivity contribution < 1.29 is 14.6 Å². The van der Waals surface area contributed by atoms with Crippen molar-refractivity contribution in [2.24, 2.45) is 0 Å². The lowest BCUT2D eigenvalue weighted by Crippen LogP contribution is -2.09. The van der Waals surface area contributed by atoms with Crippen molar-refractivity contribution in [1.82, 2.24) is 0 Å². The third-order valence-electron chi connectivity index (χ3n) is 4.29. The average molecular weight is 422 g/mol. The highest BCUT2D eigenvalue weighted by molar-refractivity contribution is 14.1. The maximum Gasteiger partial charge on any atom is 0.336 e. The largest absolute Gasteiger partial charge is 0.489 e. The summed E-state index contributed by atoms with van der Waals surface area (Å²) in [6, 6.07) is 9.65. The fraction of sp³-hybridized carbons (Fsp3) is 0.316. The van der Waals surface area contributed by atoms with Gasteiger partial charge in [0.2, 0.25) is 0 Å². The number of aromatic carboxylic acids is 1. The van der Waals surface area contributed by atoms with Gasteiger partial charge < -0.3 is 9.84 Å². The van der Waals surface area contributed by atoms with Crippen LogP contribution >= 0.6 is 22.6 Å². The van der Waals surface area contributed by atoms with Crippen LogP contribution in [-0.4, -0.2) is 11.1 Å². The highest BCUT2D eigenvalue weighted by Gasteiger charge is 2.28. The molecule has 2 aromatic carbocycles. The van der Waals surface area contributed by atoms with Crippen LogP contribution in [-0.2, 0) is 6.61 Å². The van der Waals surface area contributed by atoms with E-state index in [1.54, 1.807) is 6.07 Å². The molecule has 0 bridgehead atoms. The molecule has 0 radical (unpaired) electrons. The van der Waals surface area contributed by atoms with Crippen LogP contribution in [0.4, 0.5) is 0 Å². The van der Waals surface area contributed by atoms with Crippen molar-refractivity contribution >= 4 is 28.6 Å². The van der Waals surface area contributed by atoms with Crippen LogP contribution in [0.5, 0.6) is 5.75 Å². The molecule has 1 N–H and O–H groups in total. The molecular weight excluding hydrogens is 403 g/mol. The molecule has 1 saturated carbocycles. The van der Waals surface area contributed by atoms with Gasteiger partial charge in [-0.1, -0.05) is 12.1 Å². The summed E-state index contributed by atoms with van der Waals surface area (Å²) in [5.74, 6) is 0.430. The topological polar surface area (TPSA) is 46.5 Å². The molecular formula is C19H19IO3. The number of carbonyl (C=O) groups is 1. The summed E-state index contributed by atoms with van der Waals surface area (Å²) in [5.41, 5.74) is 4.54. The van der Waals surface area contributed by atoms with Crippen LogP contribution in [0.3, 0.4) is 0 Å². The van der Waals surface area contributed by atoms with E-state index < -0.39 is 5.97 Å². The van der Waals surface area contributed by atoms with Crippen LogP contribution in [0.25, 0.3) is 0 Å². The average Bonchev–Trinajstić information content (AvgIpc) is 3.34. The summed E-state index contributed by atoms with van der Waals surface area (Å²) in [5, 5.41) is 9.47. The first-order chi connectivity index (χ1) is 11.0. The number of hydrogen-bond donors (Lipinski definition) is 1. The number of ether oxygens (including phenoxy) is 1. The third kappa shape index (κ3) is 3.52. The van der Waals surface area contributed by atoms with Gasteiger partial charge in [-0.3, -0.25) is 0 Å². The Morgan fingerprint density at radius 1 is 1.26 bits per heavy atom. The first-order valence-electron chi connectivity index (χ1n) is 7.72. The molecule has 0 spiro atoms. The van der Waals surface area contributed by atoms with Gasteiger partial charge in [-0.2, -0.15) is 0 Å². The molecule has 3 nitrogen and oxygen atoms in total. The van der Waals surface area contributed by atoms with Crippen LogP contribution in [0.1, 0.15) is 51.4 Å². The molecule has 0 aromatic heterocycles. The van der Waals surface area contributed by atoms with E-state index in [4.69, 9.17) is 4.74 Å². The molecule has 1 fully saturated rings. The van der Waals surface area contributed by atoms with Crippen LogP contribution in [0.15, 0.2) is 30.3 Å². The molecule has 0 atom stereocenters. The minimum Gasteiger partial charge on any atom is -0.489 e. The third-order valence-corrected chi connectivity index (χ3v) is 5.45. The second kappa shape index (κ2) is 6.51. The quantitative estimate of drug-likeness (QED) is 0.686. The normalized spacial score (nSPS) is 13.9. The zero-order valence-electron chi connectivity index (χ0n) is 13.2. The van der Waals surface area contributed by atoms with E-state index in [0.717, 1.165) is 35.3 Å². The second-order valence-corrected chi connectivity index (χ2v) is 7.27. The SMILES string of the molecule is Cc1cc(OCc2c(C(=O)O)cccc2C2CC2)c(C)cc1I. The molecule has 2 aromatic rings. The zero-order chi connectivity index (χ0) is 16.6. The van der Waals surface area contributed by atoms with Gasteiger partial charge in [-0.15, -0.1) is 0 Å². The van der Waals surface area contributed by atoms with Gasteiger partial charge in [0, 0.05) is 9.13 Å². The van der Waals surface area contributed by atoms with E-state index in [1.807, 2.05) is 25.1 Å². The maximum atomic E-state index is 11.5. The van der Waals surface area contributed by atoms with Gasteiger partial charge in [-0.05, 0) is 90.1 Å². The lowest BCUT2D eigenvalue weighted by atomic mass is 9.98. The molecule has 0 unspecified atom stereocenters. The van der Waals surface area contributed by atoms with Crippen molar-refractivity contribution in [2.75, 3.05) is 0 Å². The molecule has 0 aliphatic heterocycles. The number of halogens is 1. The molecule has 120 valence electrons. The van der Waals surface area contributed by atoms with Gasteiger partial charge in [0.15, 0.2) is 0 Å². The van der Waals surface area contributed by atoms with E-state index in [1.165, 1.54) is 9.13 Å². The molecule has 1 aliphatic rings. The second-order valence-electron chi connectivity index (χ2n) is 6.11. The van der Waals surface area contributed by atoms with Gasteiger partial charge in [0.05, 0.1) is 5.56 Å². The van der Waals surface area contributed by atoms with E-state index in [2.05, 4.69) is 35.6 Å². The van der Waals surface area contributed by atoms with E-state index >= 15 is 0 Å². The summed E-state index contributed by atoms with van der Waals surface area (Å²) in [4.78, 5) is 11.5. The van der Waals surface area contributed by atoms with Crippen LogP contribution < -0.4 is 4.74 Å². The van der Waals surface area contributed by atoms with Gasteiger partial charge in [0.1, 0.15) is 12.4 Å². The number of carboxylic acids is 1. The minimum atomic E-state index is -0.887. The lowest BCUT2D eigenvalue weighted by Gasteiger charge is -2.15. The first-order valence-corrected chi connectivity index (χ1v) is 8.80. The standard InChI is InChI=1S/C19H19IO3/c1-11-9-18(12(2)8-17(11)20)23-10-16-14(13-6-7-13)4-3-5-15(16)19(21)22/h3-5,8-9,13H,6-7,10H2,1-2H3,(H,21,22). The predicted octanol–water partition coefficient (Wildman–Crippen LogP) is 5.06. The molecule has 3 rings (SSSR count). The van der Waals surface area contributed by atoms with Gasteiger partial charge in [-0.25, -0.2) is 4.79 Å². The Labute approximate surface area is 149 Å². The molecule has 0 amide bonds. The Balaban J connectivity index is 1.91.